The highest BCUT2D eigenvalue weighted by molar-refractivity contribution is 5.97. The maximum Gasteiger partial charge on any atom is 0.266 e. The van der Waals surface area contributed by atoms with Crippen LogP contribution >= 0.6 is 0 Å². The first-order chi connectivity index (χ1) is 17.0. The number of carbonyl (C=O) groups is 1. The number of anilines is 2. The minimum absolute atomic E-state index is 0.0117. The molecule has 6 atom stereocenters. The lowest BCUT2D eigenvalue weighted by Gasteiger charge is -2.60. The maximum atomic E-state index is 13.9. The summed E-state index contributed by atoms with van der Waals surface area (Å²) in [5.41, 5.74) is 6.79. The number of allylic oxidation sites excluding steroid dienone is 1. The molecule has 0 radical (unpaired) electrons. The van der Waals surface area contributed by atoms with Gasteiger partial charge in [-0.2, -0.15) is 0 Å². The molecule has 1 N–H and O–H groups in total. The van der Waals surface area contributed by atoms with E-state index in [4.69, 9.17) is 0 Å². The zero-order valence-corrected chi connectivity index (χ0v) is 21.4. The predicted molar refractivity (Wildman–Crippen MR) is 143 cm³/mol. The Morgan fingerprint density at radius 3 is 2.20 bits per heavy atom. The third kappa shape index (κ3) is 3.74. The number of amides is 1. The number of fused-ring (bicyclic) bond motifs is 5. The monoisotopic (exact) mass is 468 g/mol. The van der Waals surface area contributed by atoms with Gasteiger partial charge in [-0.05, 0) is 98.3 Å². The summed E-state index contributed by atoms with van der Waals surface area (Å²) in [4.78, 5) is 13.9. The molecule has 3 saturated carbocycles. The fraction of sp³-hybridized carbons (Fsp3) is 0.531. The quantitative estimate of drug-likeness (QED) is 0.464. The third-order valence-electron chi connectivity index (χ3n) is 10.7. The number of rotatable bonds is 4. The molecule has 1 unspecified atom stereocenters. The second-order valence-corrected chi connectivity index (χ2v) is 12.2. The van der Waals surface area contributed by atoms with Crippen molar-refractivity contribution in [3.63, 3.8) is 0 Å². The molecule has 3 nitrogen and oxygen atoms in total. The van der Waals surface area contributed by atoms with Gasteiger partial charge in [0.2, 0.25) is 0 Å². The predicted octanol–water partition coefficient (Wildman–Crippen LogP) is 7.83. The Morgan fingerprint density at radius 1 is 0.829 bits per heavy atom. The van der Waals surface area contributed by atoms with Crippen molar-refractivity contribution in [1.82, 2.24) is 5.43 Å². The van der Waals surface area contributed by atoms with Gasteiger partial charge in [-0.3, -0.25) is 15.2 Å². The lowest BCUT2D eigenvalue weighted by molar-refractivity contribution is -0.122. The standard InChI is InChI=1S/C32H40N2O/c1-31-21-10-9-11-23(31)16-17-26-27-18-19-29(32(27,2)22-20-28(26)31)30(35)33-34(24-12-5-3-6-13-24)25-14-7-4-8-15-25/h3-8,12-15,19,23,26-28H,9-11,16-18,20-22H2,1-2H3,(H,33,35)/t23?,26-,27-,28-,31-,32-/m0/s1. The Labute approximate surface area is 211 Å². The van der Waals surface area contributed by atoms with E-state index in [9.17, 15) is 4.79 Å². The van der Waals surface area contributed by atoms with E-state index in [1.54, 1.807) is 0 Å². The Kier molecular flexibility index (Phi) is 5.78. The van der Waals surface area contributed by atoms with E-state index >= 15 is 0 Å². The summed E-state index contributed by atoms with van der Waals surface area (Å²) in [6.45, 7) is 5.03. The van der Waals surface area contributed by atoms with Crippen molar-refractivity contribution in [2.45, 2.75) is 71.6 Å². The summed E-state index contributed by atoms with van der Waals surface area (Å²) in [5.74, 6) is 3.24. The first-order valence-corrected chi connectivity index (χ1v) is 13.9. The molecule has 35 heavy (non-hydrogen) atoms. The lowest BCUT2D eigenvalue weighted by atomic mass is 9.45. The molecule has 0 saturated heterocycles. The van der Waals surface area contributed by atoms with Crippen molar-refractivity contribution in [2.75, 3.05) is 5.01 Å². The normalized spacial score (nSPS) is 35.8. The summed E-state index contributed by atoms with van der Waals surface area (Å²) >= 11 is 0. The third-order valence-corrected chi connectivity index (χ3v) is 10.7. The molecule has 0 aromatic heterocycles. The van der Waals surface area contributed by atoms with Crippen molar-refractivity contribution in [3.8, 4) is 0 Å². The van der Waals surface area contributed by atoms with Gasteiger partial charge in [0.15, 0.2) is 0 Å². The minimum atomic E-state index is -0.0117. The number of nitrogens with one attached hydrogen (secondary N) is 1. The molecular formula is C32H40N2O. The number of benzene rings is 2. The van der Waals surface area contributed by atoms with Crippen LogP contribution in [-0.2, 0) is 4.79 Å². The van der Waals surface area contributed by atoms with Crippen LogP contribution in [0.3, 0.4) is 0 Å². The summed E-state index contributed by atoms with van der Waals surface area (Å²) in [7, 11) is 0. The molecule has 3 heteroatoms. The molecule has 184 valence electrons. The number of hydrogen-bond donors (Lipinski definition) is 1. The molecule has 4 aliphatic rings. The molecule has 0 spiro atoms. The fourth-order valence-electron chi connectivity index (χ4n) is 8.81. The van der Waals surface area contributed by atoms with Crippen LogP contribution in [-0.4, -0.2) is 5.91 Å². The van der Waals surface area contributed by atoms with Crippen LogP contribution in [0.1, 0.15) is 71.6 Å². The number of hydrazine groups is 1. The molecule has 0 bridgehead atoms. The van der Waals surface area contributed by atoms with Gasteiger partial charge in [0.05, 0.1) is 11.4 Å². The second-order valence-electron chi connectivity index (χ2n) is 12.2. The first-order valence-electron chi connectivity index (χ1n) is 13.9. The zero-order chi connectivity index (χ0) is 24.0. The van der Waals surface area contributed by atoms with E-state index in [1.165, 1.54) is 44.9 Å². The van der Waals surface area contributed by atoms with Crippen LogP contribution < -0.4 is 10.4 Å². The number of para-hydroxylation sites is 2. The van der Waals surface area contributed by atoms with Gasteiger partial charge in [0, 0.05) is 11.0 Å². The number of carbonyl (C=O) groups excluding carboxylic acids is 1. The van der Waals surface area contributed by atoms with E-state index in [0.29, 0.717) is 11.3 Å². The van der Waals surface area contributed by atoms with Gasteiger partial charge in [-0.1, -0.05) is 69.2 Å². The van der Waals surface area contributed by atoms with E-state index in [2.05, 4.69) is 49.6 Å². The van der Waals surface area contributed by atoms with Gasteiger partial charge < -0.3 is 0 Å². The Bertz CT molecular complexity index is 1060. The first kappa shape index (κ1) is 22.9. The molecular weight excluding hydrogens is 428 g/mol. The Hall–Kier alpha value is -2.55. The van der Waals surface area contributed by atoms with Gasteiger partial charge in [-0.15, -0.1) is 0 Å². The highest BCUT2D eigenvalue weighted by Crippen LogP contribution is 2.66. The average molecular weight is 469 g/mol. The van der Waals surface area contributed by atoms with Crippen molar-refractivity contribution < 1.29 is 4.79 Å². The minimum Gasteiger partial charge on any atom is -0.268 e. The van der Waals surface area contributed by atoms with E-state index in [0.717, 1.165) is 47.5 Å². The number of nitrogens with zero attached hydrogens (tertiary/aromatic N) is 1. The smallest absolute Gasteiger partial charge is 0.266 e. The van der Waals surface area contributed by atoms with Crippen LogP contribution in [0.4, 0.5) is 11.4 Å². The molecule has 6 rings (SSSR count). The molecule has 0 aliphatic heterocycles. The van der Waals surface area contributed by atoms with Crippen molar-refractivity contribution in [1.29, 1.82) is 0 Å². The highest BCUT2D eigenvalue weighted by atomic mass is 16.2. The second kappa shape index (κ2) is 8.84. The van der Waals surface area contributed by atoms with Crippen LogP contribution in [0.2, 0.25) is 0 Å². The van der Waals surface area contributed by atoms with Gasteiger partial charge in [0.1, 0.15) is 0 Å². The van der Waals surface area contributed by atoms with E-state index in [1.807, 2.05) is 41.4 Å². The van der Waals surface area contributed by atoms with Gasteiger partial charge in [0.25, 0.3) is 5.91 Å². The highest BCUT2D eigenvalue weighted by Gasteiger charge is 2.58. The Balaban J connectivity index is 1.24. The molecule has 0 heterocycles. The molecule has 4 aliphatic carbocycles. The average Bonchev–Trinajstić information content (AvgIpc) is 3.25. The van der Waals surface area contributed by atoms with Crippen molar-refractivity contribution in [2.24, 2.45) is 34.5 Å². The Morgan fingerprint density at radius 2 is 1.51 bits per heavy atom. The topological polar surface area (TPSA) is 32.3 Å². The van der Waals surface area contributed by atoms with E-state index in [-0.39, 0.29) is 11.3 Å². The number of hydrogen-bond acceptors (Lipinski definition) is 2. The SMILES string of the molecule is C[C@]12CCCCC1CC[C@@H]1[C@@H]2CC[C@]2(C)C(C(=O)NN(c3ccccc3)c3ccccc3)=CC[C@@H]12. The fourth-order valence-corrected chi connectivity index (χ4v) is 8.81. The van der Waals surface area contributed by atoms with E-state index < -0.39 is 0 Å². The largest absolute Gasteiger partial charge is 0.268 e. The van der Waals surface area contributed by atoms with Crippen molar-refractivity contribution in [3.05, 3.63) is 72.3 Å². The summed E-state index contributed by atoms with van der Waals surface area (Å²) in [6.07, 6.45) is 14.3. The van der Waals surface area contributed by atoms with Crippen LogP contribution in [0.25, 0.3) is 0 Å². The zero-order valence-electron chi connectivity index (χ0n) is 21.4. The lowest BCUT2D eigenvalue weighted by Crippen LogP contribution is -2.53. The maximum absolute atomic E-state index is 13.9. The molecule has 2 aromatic carbocycles. The van der Waals surface area contributed by atoms with Crippen molar-refractivity contribution >= 4 is 17.3 Å². The van der Waals surface area contributed by atoms with Crippen LogP contribution in [0.15, 0.2) is 72.3 Å². The molecule has 1 amide bonds. The molecule has 2 aromatic rings. The van der Waals surface area contributed by atoms with Crippen LogP contribution in [0.5, 0.6) is 0 Å². The summed E-state index contributed by atoms with van der Waals surface area (Å²) < 4.78 is 0. The van der Waals surface area contributed by atoms with Crippen LogP contribution in [0, 0.1) is 34.5 Å². The molecule has 3 fully saturated rings. The summed E-state index contributed by atoms with van der Waals surface area (Å²) in [6, 6.07) is 20.3. The van der Waals surface area contributed by atoms with Gasteiger partial charge in [-0.25, -0.2) is 0 Å². The van der Waals surface area contributed by atoms with Gasteiger partial charge >= 0.3 is 0 Å². The summed E-state index contributed by atoms with van der Waals surface area (Å²) in [5, 5.41) is 1.94.